The first kappa shape index (κ1) is 18.8. The molecule has 0 spiro atoms. The number of rotatable bonds is 4. The van der Waals surface area contributed by atoms with Gasteiger partial charge in [-0.3, -0.25) is 0 Å². The average Bonchev–Trinajstić information content (AvgIpc) is 2.64. The predicted molar refractivity (Wildman–Crippen MR) is 120 cm³/mol. The number of hydrogen-bond donors (Lipinski definition) is 0. The Labute approximate surface area is 168 Å². The molecule has 2 aromatic rings. The van der Waals surface area contributed by atoms with Gasteiger partial charge in [-0.05, 0) is 89.1 Å². The van der Waals surface area contributed by atoms with Crippen LogP contribution in [0.1, 0.15) is 109 Å². The molecular weight excluding hydrogens is 324 g/mol. The van der Waals surface area contributed by atoms with Crippen molar-refractivity contribution in [3.8, 4) is 11.1 Å². The lowest BCUT2D eigenvalue weighted by Gasteiger charge is -2.34. The second-order valence-corrected chi connectivity index (χ2v) is 9.93. The van der Waals surface area contributed by atoms with Crippen LogP contribution in [-0.2, 0) is 0 Å². The molecule has 0 aromatic heterocycles. The molecule has 27 heavy (non-hydrogen) atoms. The molecule has 1 saturated carbocycles. The fraction of sp³-hybridized carbons (Fsp3) is 0.556. The highest BCUT2D eigenvalue weighted by molar-refractivity contribution is 5.67. The molecule has 1 fully saturated rings. The van der Waals surface area contributed by atoms with Crippen molar-refractivity contribution in [2.45, 2.75) is 91.9 Å². The SMILES string of the molecule is [2H]C1(c2ccc(-c3cc(C(C)C)c(C)c(C(C)C)c3)cc2)CCC(C)(C)CC1. The Kier molecular flexibility index (Phi) is 5.44. The molecule has 0 unspecified atom stereocenters. The third-order valence-corrected chi connectivity index (χ3v) is 6.57. The van der Waals surface area contributed by atoms with Crippen molar-refractivity contribution in [3.63, 3.8) is 0 Å². The summed E-state index contributed by atoms with van der Waals surface area (Å²) in [5, 5.41) is 0. The lowest BCUT2D eigenvalue weighted by molar-refractivity contribution is 0.224. The predicted octanol–water partition coefficient (Wildman–Crippen LogP) is 8.59. The van der Waals surface area contributed by atoms with E-state index in [2.05, 4.69) is 84.9 Å². The second kappa shape index (κ2) is 7.82. The van der Waals surface area contributed by atoms with Crippen LogP contribution in [0.3, 0.4) is 0 Å². The Balaban J connectivity index is 1.94. The molecule has 0 heterocycles. The largest absolute Gasteiger partial charge is 0.0599 e. The van der Waals surface area contributed by atoms with Crippen LogP contribution in [0.15, 0.2) is 36.4 Å². The van der Waals surface area contributed by atoms with E-state index in [0.717, 1.165) is 25.7 Å². The molecule has 0 atom stereocenters. The highest BCUT2D eigenvalue weighted by Crippen LogP contribution is 2.42. The van der Waals surface area contributed by atoms with E-state index < -0.39 is 5.89 Å². The summed E-state index contributed by atoms with van der Waals surface area (Å²) in [4.78, 5) is 0. The minimum atomic E-state index is -0.409. The summed E-state index contributed by atoms with van der Waals surface area (Å²) in [5.41, 5.74) is 8.52. The van der Waals surface area contributed by atoms with Gasteiger partial charge >= 0.3 is 0 Å². The second-order valence-electron chi connectivity index (χ2n) is 9.93. The van der Waals surface area contributed by atoms with Crippen molar-refractivity contribution in [3.05, 3.63) is 58.7 Å². The normalized spacial score (nSPS) is 19.4. The standard InChI is InChI=1S/C27H38/c1-18(2)25-16-24(17-26(19(3)4)20(25)5)22-10-8-21(9-11-22)23-12-14-27(6,7)15-13-23/h8-11,16-19,23H,12-15H2,1-7H3/i23D. The van der Waals surface area contributed by atoms with Crippen LogP contribution in [0.2, 0.25) is 0 Å². The van der Waals surface area contributed by atoms with Gasteiger partial charge in [-0.2, -0.15) is 0 Å². The van der Waals surface area contributed by atoms with Crippen LogP contribution < -0.4 is 0 Å². The molecule has 146 valence electrons. The maximum Gasteiger partial charge on any atom is 0.0352 e. The average molecular weight is 364 g/mol. The quantitative estimate of drug-likeness (QED) is 0.510. The van der Waals surface area contributed by atoms with Gasteiger partial charge in [0, 0.05) is 1.37 Å². The van der Waals surface area contributed by atoms with Crippen molar-refractivity contribution in [2.24, 2.45) is 5.41 Å². The fourth-order valence-corrected chi connectivity index (χ4v) is 4.54. The van der Waals surface area contributed by atoms with E-state index in [-0.39, 0.29) is 0 Å². The highest BCUT2D eigenvalue weighted by atomic mass is 14.3. The summed E-state index contributed by atoms with van der Waals surface area (Å²) in [6.07, 6.45) is 4.23. The van der Waals surface area contributed by atoms with Crippen LogP contribution in [0, 0.1) is 12.3 Å². The van der Waals surface area contributed by atoms with Crippen LogP contribution in [-0.4, -0.2) is 0 Å². The molecule has 3 rings (SSSR count). The van der Waals surface area contributed by atoms with E-state index in [1.54, 1.807) is 0 Å². The highest BCUT2D eigenvalue weighted by Gasteiger charge is 2.27. The number of hydrogen-bond acceptors (Lipinski definition) is 0. The van der Waals surface area contributed by atoms with Gasteiger partial charge in [0.15, 0.2) is 0 Å². The summed E-state index contributed by atoms with van der Waals surface area (Å²) in [6, 6.07) is 13.7. The summed E-state index contributed by atoms with van der Waals surface area (Å²) in [7, 11) is 0. The third kappa shape index (κ3) is 4.48. The molecule has 2 aromatic carbocycles. The molecule has 0 radical (unpaired) electrons. The molecule has 0 amide bonds. The zero-order valence-electron chi connectivity index (χ0n) is 19.4. The van der Waals surface area contributed by atoms with Crippen molar-refractivity contribution < 1.29 is 1.37 Å². The molecule has 1 aliphatic rings. The molecule has 0 aliphatic heterocycles. The van der Waals surface area contributed by atoms with E-state index in [9.17, 15) is 0 Å². The molecule has 1 aliphatic carbocycles. The van der Waals surface area contributed by atoms with Gasteiger partial charge in [-0.25, -0.2) is 0 Å². The zero-order valence-corrected chi connectivity index (χ0v) is 18.4. The van der Waals surface area contributed by atoms with Gasteiger partial charge < -0.3 is 0 Å². The molecule has 0 nitrogen and oxygen atoms in total. The minimum absolute atomic E-state index is 0.396. The smallest absolute Gasteiger partial charge is 0.0352 e. The topological polar surface area (TPSA) is 0 Å². The summed E-state index contributed by atoms with van der Waals surface area (Å²) < 4.78 is 9.02. The Morgan fingerprint density at radius 1 is 0.852 bits per heavy atom. The summed E-state index contributed by atoms with van der Waals surface area (Å²) in [5.74, 6) is 0.644. The van der Waals surface area contributed by atoms with Crippen molar-refractivity contribution in [2.75, 3.05) is 0 Å². The maximum atomic E-state index is 9.02. The Hall–Kier alpha value is -1.56. The molecule has 0 N–H and O–H groups in total. The third-order valence-electron chi connectivity index (χ3n) is 6.57. The maximum absolute atomic E-state index is 9.02. The first-order valence-electron chi connectivity index (χ1n) is 11.3. The van der Waals surface area contributed by atoms with Crippen LogP contribution >= 0.6 is 0 Å². The van der Waals surface area contributed by atoms with Gasteiger partial charge in [0.1, 0.15) is 0 Å². The first-order valence-corrected chi connectivity index (χ1v) is 10.8. The minimum Gasteiger partial charge on any atom is -0.0599 e. The van der Waals surface area contributed by atoms with E-state index in [0.29, 0.717) is 17.3 Å². The van der Waals surface area contributed by atoms with Gasteiger partial charge in [0.05, 0.1) is 0 Å². The Morgan fingerprint density at radius 2 is 1.33 bits per heavy atom. The van der Waals surface area contributed by atoms with E-state index >= 15 is 0 Å². The van der Waals surface area contributed by atoms with E-state index in [1.807, 2.05) is 0 Å². The van der Waals surface area contributed by atoms with E-state index in [4.69, 9.17) is 1.37 Å². The monoisotopic (exact) mass is 363 g/mol. The van der Waals surface area contributed by atoms with Crippen LogP contribution in [0.4, 0.5) is 0 Å². The van der Waals surface area contributed by atoms with Gasteiger partial charge in [-0.15, -0.1) is 0 Å². The molecule has 0 bridgehead atoms. The lowest BCUT2D eigenvalue weighted by atomic mass is 9.71. The number of benzene rings is 2. The Morgan fingerprint density at radius 3 is 1.78 bits per heavy atom. The summed E-state index contributed by atoms with van der Waals surface area (Å²) in [6.45, 7) is 16.1. The summed E-state index contributed by atoms with van der Waals surface area (Å²) >= 11 is 0. The van der Waals surface area contributed by atoms with Gasteiger partial charge in [0.2, 0.25) is 0 Å². The molecular formula is C27H38. The van der Waals surface area contributed by atoms with Gasteiger partial charge in [0.25, 0.3) is 0 Å². The van der Waals surface area contributed by atoms with E-state index in [1.165, 1.54) is 33.4 Å². The van der Waals surface area contributed by atoms with Crippen LogP contribution in [0.25, 0.3) is 11.1 Å². The van der Waals surface area contributed by atoms with Crippen LogP contribution in [0.5, 0.6) is 0 Å². The van der Waals surface area contributed by atoms with Gasteiger partial charge in [-0.1, -0.05) is 77.9 Å². The Bertz CT molecular complexity index is 785. The zero-order chi connectivity index (χ0) is 20.7. The fourth-order valence-electron chi connectivity index (χ4n) is 4.54. The van der Waals surface area contributed by atoms with Crippen molar-refractivity contribution >= 4 is 0 Å². The van der Waals surface area contributed by atoms with Crippen molar-refractivity contribution in [1.29, 1.82) is 0 Å². The van der Waals surface area contributed by atoms with Crippen molar-refractivity contribution in [1.82, 2.24) is 0 Å². The molecule has 0 saturated heterocycles. The molecule has 0 heteroatoms. The lowest BCUT2D eigenvalue weighted by Crippen LogP contribution is -2.20. The first-order chi connectivity index (χ1) is 13.0.